The van der Waals surface area contributed by atoms with Crippen LogP contribution in [0.5, 0.6) is 0 Å². The minimum Gasteiger partial charge on any atom is -0.376 e. The van der Waals surface area contributed by atoms with Gasteiger partial charge in [0.05, 0.1) is 12.7 Å². The molecular weight excluding hydrogens is 176 g/mol. The summed E-state index contributed by atoms with van der Waals surface area (Å²) in [6.45, 7) is 11.4. The summed E-state index contributed by atoms with van der Waals surface area (Å²) in [4.78, 5) is 2.50. The van der Waals surface area contributed by atoms with Crippen LogP contribution < -0.4 is 5.73 Å². The van der Waals surface area contributed by atoms with Gasteiger partial charge in [-0.05, 0) is 27.2 Å². The third-order valence-electron chi connectivity index (χ3n) is 3.50. The van der Waals surface area contributed by atoms with E-state index >= 15 is 0 Å². The fraction of sp³-hybridized carbons (Fsp3) is 1.00. The summed E-state index contributed by atoms with van der Waals surface area (Å²) in [5, 5.41) is 0. The van der Waals surface area contributed by atoms with Crippen molar-refractivity contribution in [2.45, 2.75) is 51.8 Å². The third-order valence-corrected chi connectivity index (χ3v) is 3.50. The van der Waals surface area contributed by atoms with Gasteiger partial charge in [-0.25, -0.2) is 0 Å². The summed E-state index contributed by atoms with van der Waals surface area (Å²) in [5.74, 6) is 0. The van der Waals surface area contributed by atoms with Gasteiger partial charge in [-0.2, -0.15) is 0 Å². The van der Waals surface area contributed by atoms with Gasteiger partial charge >= 0.3 is 0 Å². The lowest BCUT2D eigenvalue weighted by Crippen LogP contribution is -2.60. The summed E-state index contributed by atoms with van der Waals surface area (Å²) in [7, 11) is 0. The van der Waals surface area contributed by atoms with E-state index in [1.54, 1.807) is 0 Å². The molecule has 1 fully saturated rings. The molecule has 1 aliphatic rings. The van der Waals surface area contributed by atoms with E-state index in [2.05, 4.69) is 32.6 Å². The SMILES string of the molecule is CCC(C)(CN)N1CC(C)OCC1C. The van der Waals surface area contributed by atoms with E-state index in [1.807, 2.05) is 0 Å². The van der Waals surface area contributed by atoms with Crippen LogP contribution in [0.3, 0.4) is 0 Å². The highest BCUT2D eigenvalue weighted by atomic mass is 16.5. The van der Waals surface area contributed by atoms with Crippen molar-refractivity contribution in [3.05, 3.63) is 0 Å². The van der Waals surface area contributed by atoms with E-state index < -0.39 is 0 Å². The van der Waals surface area contributed by atoms with Gasteiger partial charge in [0.15, 0.2) is 0 Å². The number of nitrogens with two attached hydrogens (primary N) is 1. The van der Waals surface area contributed by atoms with E-state index in [-0.39, 0.29) is 5.54 Å². The molecule has 3 unspecified atom stereocenters. The van der Waals surface area contributed by atoms with Crippen LogP contribution in [0.25, 0.3) is 0 Å². The average molecular weight is 200 g/mol. The highest BCUT2D eigenvalue weighted by Crippen LogP contribution is 2.24. The van der Waals surface area contributed by atoms with Crippen molar-refractivity contribution in [2.75, 3.05) is 19.7 Å². The Balaban J connectivity index is 2.72. The van der Waals surface area contributed by atoms with Crippen LogP contribution >= 0.6 is 0 Å². The molecule has 1 aliphatic heterocycles. The molecule has 0 aromatic heterocycles. The molecule has 0 aromatic carbocycles. The number of rotatable bonds is 3. The predicted octanol–water partition coefficient (Wildman–Crippen LogP) is 1.22. The Hall–Kier alpha value is -0.120. The Morgan fingerprint density at radius 3 is 2.64 bits per heavy atom. The van der Waals surface area contributed by atoms with Crippen molar-refractivity contribution in [3.63, 3.8) is 0 Å². The molecule has 0 amide bonds. The Bertz CT molecular complexity index is 180. The van der Waals surface area contributed by atoms with Crippen LogP contribution in [0, 0.1) is 0 Å². The number of morpholine rings is 1. The van der Waals surface area contributed by atoms with Gasteiger partial charge in [0, 0.05) is 24.7 Å². The first-order valence-electron chi connectivity index (χ1n) is 5.62. The van der Waals surface area contributed by atoms with Crippen LogP contribution in [0.15, 0.2) is 0 Å². The number of nitrogens with zero attached hydrogens (tertiary/aromatic N) is 1. The Labute approximate surface area is 87.6 Å². The molecule has 3 atom stereocenters. The summed E-state index contributed by atoms with van der Waals surface area (Å²) in [6, 6.07) is 0.486. The zero-order chi connectivity index (χ0) is 10.8. The molecule has 3 heteroatoms. The van der Waals surface area contributed by atoms with Gasteiger partial charge in [0.25, 0.3) is 0 Å². The summed E-state index contributed by atoms with van der Waals surface area (Å²) in [6.07, 6.45) is 1.43. The molecule has 0 aliphatic carbocycles. The van der Waals surface area contributed by atoms with Crippen molar-refractivity contribution in [2.24, 2.45) is 5.73 Å². The molecule has 3 nitrogen and oxygen atoms in total. The van der Waals surface area contributed by atoms with Crippen molar-refractivity contribution < 1.29 is 4.74 Å². The standard InChI is InChI=1S/C11H24N2O/c1-5-11(4,8-12)13-6-10(3)14-7-9(13)2/h9-10H,5-8,12H2,1-4H3. The quantitative estimate of drug-likeness (QED) is 0.744. The molecule has 0 radical (unpaired) electrons. The molecule has 0 bridgehead atoms. The fourth-order valence-corrected chi connectivity index (χ4v) is 2.12. The zero-order valence-corrected chi connectivity index (χ0v) is 9.92. The molecular formula is C11H24N2O. The Kier molecular flexibility index (Phi) is 3.93. The summed E-state index contributed by atoms with van der Waals surface area (Å²) in [5.41, 5.74) is 6.01. The van der Waals surface area contributed by atoms with Gasteiger partial charge in [-0.15, -0.1) is 0 Å². The highest BCUT2D eigenvalue weighted by molar-refractivity contribution is 4.91. The molecule has 1 rings (SSSR count). The number of ether oxygens (including phenoxy) is 1. The van der Waals surface area contributed by atoms with Gasteiger partial charge in [0.2, 0.25) is 0 Å². The predicted molar refractivity (Wildman–Crippen MR) is 59.3 cm³/mol. The summed E-state index contributed by atoms with van der Waals surface area (Å²) < 4.78 is 5.62. The molecule has 2 N–H and O–H groups in total. The molecule has 84 valence electrons. The fourth-order valence-electron chi connectivity index (χ4n) is 2.12. The van der Waals surface area contributed by atoms with Crippen LogP contribution in [0.4, 0.5) is 0 Å². The Morgan fingerprint density at radius 1 is 1.50 bits per heavy atom. The van der Waals surface area contributed by atoms with Gasteiger partial charge in [-0.3, -0.25) is 4.90 Å². The van der Waals surface area contributed by atoms with Crippen molar-refractivity contribution in [3.8, 4) is 0 Å². The van der Waals surface area contributed by atoms with E-state index in [0.717, 1.165) is 26.1 Å². The molecule has 0 aromatic rings. The maximum absolute atomic E-state index is 5.87. The van der Waals surface area contributed by atoms with E-state index in [9.17, 15) is 0 Å². The Morgan fingerprint density at radius 2 is 2.14 bits per heavy atom. The maximum Gasteiger partial charge on any atom is 0.0675 e. The highest BCUT2D eigenvalue weighted by Gasteiger charge is 2.35. The minimum absolute atomic E-state index is 0.136. The smallest absolute Gasteiger partial charge is 0.0675 e. The molecule has 14 heavy (non-hydrogen) atoms. The van der Waals surface area contributed by atoms with Crippen LogP contribution in [-0.2, 0) is 4.74 Å². The largest absolute Gasteiger partial charge is 0.376 e. The third kappa shape index (κ3) is 2.27. The monoisotopic (exact) mass is 200 g/mol. The lowest BCUT2D eigenvalue weighted by atomic mass is 9.93. The van der Waals surface area contributed by atoms with Gasteiger partial charge in [-0.1, -0.05) is 6.92 Å². The average Bonchev–Trinajstić information content (AvgIpc) is 2.20. The summed E-state index contributed by atoms with van der Waals surface area (Å²) >= 11 is 0. The van der Waals surface area contributed by atoms with E-state index in [1.165, 1.54) is 0 Å². The minimum atomic E-state index is 0.136. The second-order valence-corrected chi connectivity index (χ2v) is 4.70. The molecule has 0 spiro atoms. The number of hydrogen-bond acceptors (Lipinski definition) is 3. The maximum atomic E-state index is 5.87. The second-order valence-electron chi connectivity index (χ2n) is 4.70. The molecule has 0 saturated carbocycles. The van der Waals surface area contributed by atoms with Crippen molar-refractivity contribution in [1.29, 1.82) is 0 Å². The molecule has 1 saturated heterocycles. The molecule has 1 heterocycles. The van der Waals surface area contributed by atoms with E-state index in [4.69, 9.17) is 10.5 Å². The van der Waals surface area contributed by atoms with Gasteiger partial charge < -0.3 is 10.5 Å². The first-order chi connectivity index (χ1) is 6.53. The van der Waals surface area contributed by atoms with Crippen molar-refractivity contribution in [1.82, 2.24) is 4.90 Å². The lowest BCUT2D eigenvalue weighted by molar-refractivity contribution is -0.0890. The van der Waals surface area contributed by atoms with Gasteiger partial charge in [0.1, 0.15) is 0 Å². The van der Waals surface area contributed by atoms with E-state index in [0.29, 0.717) is 12.1 Å². The lowest BCUT2D eigenvalue weighted by Gasteiger charge is -2.48. The van der Waals surface area contributed by atoms with Crippen molar-refractivity contribution >= 4 is 0 Å². The van der Waals surface area contributed by atoms with Crippen LogP contribution in [0.1, 0.15) is 34.1 Å². The normalized spacial score (nSPS) is 34.1. The van der Waals surface area contributed by atoms with Crippen LogP contribution in [-0.4, -0.2) is 42.3 Å². The second kappa shape index (κ2) is 4.60. The first kappa shape index (κ1) is 12.0. The zero-order valence-electron chi connectivity index (χ0n) is 9.92. The van der Waals surface area contributed by atoms with Crippen LogP contribution in [0.2, 0.25) is 0 Å². The topological polar surface area (TPSA) is 38.5 Å². The number of hydrogen-bond donors (Lipinski definition) is 1. The first-order valence-corrected chi connectivity index (χ1v) is 5.62.